The normalized spacial score (nSPS) is 10.8. The summed E-state index contributed by atoms with van der Waals surface area (Å²) in [5, 5.41) is 14.8. The number of carbonyl (C=O) groups excluding carboxylic acids is 1. The summed E-state index contributed by atoms with van der Waals surface area (Å²) in [5.41, 5.74) is 1.25. The van der Waals surface area contributed by atoms with Crippen LogP contribution in [0, 0.1) is 23.7 Å². The van der Waals surface area contributed by atoms with Gasteiger partial charge in [-0.2, -0.15) is 5.26 Å². The van der Waals surface area contributed by atoms with Crippen molar-refractivity contribution >= 4 is 11.6 Å². The zero-order chi connectivity index (χ0) is 17.4. The third-order valence-electron chi connectivity index (χ3n) is 3.23. The van der Waals surface area contributed by atoms with Gasteiger partial charge in [0.05, 0.1) is 12.1 Å². The second kappa shape index (κ2) is 8.26. The largest absolute Gasteiger partial charge is 0.456 e. The molecule has 5 nitrogen and oxygen atoms in total. The Kier molecular flexibility index (Phi) is 5.82. The minimum Gasteiger partial charge on any atom is -0.456 e. The average Bonchev–Trinajstić information content (AvgIpc) is 2.61. The number of ether oxygens (including phenoxy) is 1. The van der Waals surface area contributed by atoms with Crippen LogP contribution in [-0.4, -0.2) is 18.5 Å². The first-order valence-corrected chi connectivity index (χ1v) is 7.39. The minimum absolute atomic E-state index is 0.170. The summed E-state index contributed by atoms with van der Waals surface area (Å²) >= 11 is 0. The van der Waals surface area contributed by atoms with E-state index in [-0.39, 0.29) is 12.5 Å². The zero-order valence-corrected chi connectivity index (χ0v) is 13.2. The molecule has 120 valence electrons. The minimum atomic E-state index is -0.413. The third-order valence-corrected chi connectivity index (χ3v) is 3.23. The van der Waals surface area contributed by atoms with E-state index in [1.807, 2.05) is 6.07 Å². The molecule has 0 unspecified atom stereocenters. The number of carbonyl (C=O) groups is 1. The van der Waals surface area contributed by atoms with Crippen molar-refractivity contribution in [3.63, 3.8) is 0 Å². The molecule has 0 bridgehead atoms. The molecule has 5 heteroatoms. The van der Waals surface area contributed by atoms with Crippen molar-refractivity contribution in [2.75, 3.05) is 11.9 Å². The predicted octanol–water partition coefficient (Wildman–Crippen LogP) is 2.90. The van der Waals surface area contributed by atoms with Crippen molar-refractivity contribution in [3.8, 4) is 29.9 Å². The summed E-state index contributed by atoms with van der Waals surface area (Å²) in [5.74, 6) is 3.29. The molecule has 2 aromatic carbocycles. The molecule has 0 aliphatic heterocycles. The van der Waals surface area contributed by atoms with Crippen LogP contribution in [0.5, 0.6) is 11.5 Å². The molecule has 1 amide bonds. The maximum absolute atomic E-state index is 11.8. The molecule has 2 aromatic rings. The maximum Gasteiger partial charge on any atom is 0.242 e. The van der Waals surface area contributed by atoms with Crippen LogP contribution in [0.3, 0.4) is 0 Å². The molecule has 2 N–H and O–H groups in total. The van der Waals surface area contributed by atoms with E-state index in [4.69, 9.17) is 16.4 Å². The lowest BCUT2D eigenvalue weighted by atomic mass is 10.2. The summed E-state index contributed by atoms with van der Waals surface area (Å²) in [6, 6.07) is 15.8. The van der Waals surface area contributed by atoms with Gasteiger partial charge in [-0.05, 0) is 43.3 Å². The van der Waals surface area contributed by atoms with Gasteiger partial charge in [-0.1, -0.05) is 18.1 Å². The van der Waals surface area contributed by atoms with Crippen molar-refractivity contribution in [2.24, 2.45) is 0 Å². The Balaban J connectivity index is 1.99. The molecule has 24 heavy (non-hydrogen) atoms. The SMILES string of the molecule is C#CCNC(=O)[C@@H](C)Nc1ccc(Oc2ccccc2C#N)cc1. The summed E-state index contributed by atoms with van der Waals surface area (Å²) in [6.45, 7) is 1.95. The fourth-order valence-electron chi connectivity index (χ4n) is 2.00. The molecule has 2 rings (SSSR count). The van der Waals surface area contributed by atoms with Gasteiger partial charge in [0.15, 0.2) is 0 Å². The predicted molar refractivity (Wildman–Crippen MR) is 92.6 cm³/mol. The summed E-state index contributed by atoms with van der Waals surface area (Å²) in [6.07, 6.45) is 5.11. The Morgan fingerprint density at radius 3 is 2.62 bits per heavy atom. The summed E-state index contributed by atoms with van der Waals surface area (Å²) in [7, 11) is 0. The van der Waals surface area contributed by atoms with Gasteiger partial charge >= 0.3 is 0 Å². The fourth-order valence-corrected chi connectivity index (χ4v) is 2.00. The zero-order valence-electron chi connectivity index (χ0n) is 13.2. The number of nitrogens with one attached hydrogen (secondary N) is 2. The number of amides is 1. The average molecular weight is 319 g/mol. The number of anilines is 1. The van der Waals surface area contributed by atoms with Gasteiger partial charge in [0, 0.05) is 5.69 Å². The number of hydrogen-bond acceptors (Lipinski definition) is 4. The monoisotopic (exact) mass is 319 g/mol. The molecule has 0 aromatic heterocycles. The number of hydrogen-bond donors (Lipinski definition) is 2. The summed E-state index contributed by atoms with van der Waals surface area (Å²) < 4.78 is 5.71. The topological polar surface area (TPSA) is 74.2 Å². The van der Waals surface area contributed by atoms with Gasteiger partial charge in [0.1, 0.15) is 23.6 Å². The number of nitrogens with zero attached hydrogens (tertiary/aromatic N) is 1. The van der Waals surface area contributed by atoms with Crippen molar-refractivity contribution in [2.45, 2.75) is 13.0 Å². The third kappa shape index (κ3) is 4.53. The number of nitriles is 1. The van der Waals surface area contributed by atoms with E-state index in [0.717, 1.165) is 5.69 Å². The van der Waals surface area contributed by atoms with Crippen LogP contribution in [-0.2, 0) is 4.79 Å². The smallest absolute Gasteiger partial charge is 0.242 e. The molecule has 0 radical (unpaired) electrons. The van der Waals surface area contributed by atoms with Gasteiger partial charge in [-0.3, -0.25) is 4.79 Å². The van der Waals surface area contributed by atoms with Gasteiger partial charge in [0.2, 0.25) is 5.91 Å². The first kappa shape index (κ1) is 16.9. The Morgan fingerprint density at radius 2 is 1.96 bits per heavy atom. The lowest BCUT2D eigenvalue weighted by Gasteiger charge is -2.15. The second-order valence-corrected chi connectivity index (χ2v) is 5.02. The molecule has 0 aliphatic carbocycles. The Labute approximate surface area is 141 Å². The van der Waals surface area contributed by atoms with E-state index >= 15 is 0 Å². The molecular formula is C19H17N3O2. The van der Waals surface area contributed by atoms with Crippen molar-refractivity contribution < 1.29 is 9.53 Å². The van der Waals surface area contributed by atoms with E-state index in [0.29, 0.717) is 17.1 Å². The van der Waals surface area contributed by atoms with Crippen molar-refractivity contribution in [3.05, 3.63) is 54.1 Å². The van der Waals surface area contributed by atoms with E-state index in [1.54, 1.807) is 49.4 Å². The highest BCUT2D eigenvalue weighted by molar-refractivity contribution is 5.84. The van der Waals surface area contributed by atoms with Crippen molar-refractivity contribution in [1.29, 1.82) is 5.26 Å². The van der Waals surface area contributed by atoms with Crippen LogP contribution < -0.4 is 15.4 Å². The molecule has 1 atom stereocenters. The van der Waals surface area contributed by atoms with Crippen LogP contribution in [0.4, 0.5) is 5.69 Å². The van der Waals surface area contributed by atoms with Gasteiger partial charge in [-0.25, -0.2) is 0 Å². The van der Waals surface area contributed by atoms with E-state index in [9.17, 15) is 4.79 Å². The highest BCUT2D eigenvalue weighted by Gasteiger charge is 2.11. The van der Waals surface area contributed by atoms with E-state index in [1.165, 1.54) is 0 Å². The summed E-state index contributed by atoms with van der Waals surface area (Å²) in [4.78, 5) is 11.8. The second-order valence-electron chi connectivity index (χ2n) is 5.02. The highest BCUT2D eigenvalue weighted by Crippen LogP contribution is 2.25. The fraction of sp³-hybridized carbons (Fsp3) is 0.158. The van der Waals surface area contributed by atoms with Crippen LogP contribution in [0.15, 0.2) is 48.5 Å². The number of para-hydroxylation sites is 1. The lowest BCUT2D eigenvalue weighted by Crippen LogP contribution is -2.37. The Bertz CT molecular complexity index is 785. The number of terminal acetylenes is 1. The molecule has 0 aliphatic rings. The highest BCUT2D eigenvalue weighted by atomic mass is 16.5. The first-order valence-electron chi connectivity index (χ1n) is 7.39. The van der Waals surface area contributed by atoms with Crippen LogP contribution in [0.25, 0.3) is 0 Å². The Hall–Kier alpha value is -3.44. The quantitative estimate of drug-likeness (QED) is 0.803. The van der Waals surface area contributed by atoms with Gasteiger partial charge < -0.3 is 15.4 Å². The Morgan fingerprint density at radius 1 is 1.25 bits per heavy atom. The standard InChI is InChI=1S/C19H17N3O2/c1-3-12-21-19(23)14(2)22-16-8-10-17(11-9-16)24-18-7-5-4-6-15(18)13-20/h1,4-11,14,22H,12H2,2H3,(H,21,23)/t14-/m1/s1. The van der Waals surface area contributed by atoms with E-state index < -0.39 is 6.04 Å². The van der Waals surface area contributed by atoms with Crippen LogP contribution in [0.2, 0.25) is 0 Å². The molecule has 0 spiro atoms. The molecular weight excluding hydrogens is 302 g/mol. The van der Waals surface area contributed by atoms with Crippen molar-refractivity contribution in [1.82, 2.24) is 5.32 Å². The van der Waals surface area contributed by atoms with Crippen LogP contribution >= 0.6 is 0 Å². The molecule has 0 heterocycles. The van der Waals surface area contributed by atoms with Crippen LogP contribution in [0.1, 0.15) is 12.5 Å². The molecule has 0 fully saturated rings. The molecule has 0 saturated heterocycles. The van der Waals surface area contributed by atoms with Gasteiger partial charge in [0.25, 0.3) is 0 Å². The maximum atomic E-state index is 11.8. The number of benzene rings is 2. The first-order chi connectivity index (χ1) is 11.6. The lowest BCUT2D eigenvalue weighted by molar-refractivity contribution is -0.121. The molecule has 0 saturated carbocycles. The van der Waals surface area contributed by atoms with E-state index in [2.05, 4.69) is 22.6 Å². The number of rotatable bonds is 6. The van der Waals surface area contributed by atoms with Gasteiger partial charge in [-0.15, -0.1) is 6.42 Å².